The molecular weight excluding hydrogens is 188 g/mol. The van der Waals surface area contributed by atoms with Gasteiger partial charge in [0.05, 0.1) is 13.0 Å². The van der Waals surface area contributed by atoms with Crippen LogP contribution in [0, 0.1) is 5.92 Å². The van der Waals surface area contributed by atoms with Gasteiger partial charge in [0.15, 0.2) is 5.12 Å². The minimum absolute atomic E-state index is 0.151. The zero-order valence-corrected chi connectivity index (χ0v) is 9.15. The maximum absolute atomic E-state index is 11.1. The second kappa shape index (κ2) is 6.95. The number of hydrogen-bond acceptors (Lipinski definition) is 4. The molecule has 0 radical (unpaired) electrons. The van der Waals surface area contributed by atoms with Crippen molar-refractivity contribution in [2.45, 2.75) is 26.7 Å². The summed E-state index contributed by atoms with van der Waals surface area (Å²) in [7, 11) is 1.36. The molecule has 0 bridgehead atoms. The molecule has 0 rings (SSSR count). The van der Waals surface area contributed by atoms with Crippen molar-refractivity contribution in [1.82, 2.24) is 0 Å². The van der Waals surface area contributed by atoms with E-state index in [1.807, 2.05) is 6.92 Å². The fourth-order valence-corrected chi connectivity index (χ4v) is 1.68. The van der Waals surface area contributed by atoms with Crippen LogP contribution in [-0.2, 0) is 14.3 Å². The fraction of sp³-hybridized carbons (Fsp3) is 0.778. The highest BCUT2D eigenvalue weighted by atomic mass is 32.2. The van der Waals surface area contributed by atoms with Gasteiger partial charge >= 0.3 is 5.97 Å². The minimum Gasteiger partial charge on any atom is -0.469 e. The van der Waals surface area contributed by atoms with Crippen LogP contribution >= 0.6 is 11.8 Å². The summed E-state index contributed by atoms with van der Waals surface area (Å²) in [5, 5.41) is 0.151. The maximum Gasteiger partial charge on any atom is 0.309 e. The Morgan fingerprint density at radius 1 is 1.46 bits per heavy atom. The summed E-state index contributed by atoms with van der Waals surface area (Å²) in [6, 6.07) is 0. The van der Waals surface area contributed by atoms with Crippen LogP contribution in [0.5, 0.6) is 0 Å². The first-order valence-corrected chi connectivity index (χ1v) is 5.33. The van der Waals surface area contributed by atoms with Crippen LogP contribution in [0.4, 0.5) is 0 Å². The number of ether oxygens (including phenoxy) is 1. The average Bonchev–Trinajstić information content (AvgIpc) is 2.13. The Kier molecular flexibility index (Phi) is 6.68. The fourth-order valence-electron chi connectivity index (χ4n) is 0.763. The van der Waals surface area contributed by atoms with E-state index in [1.54, 1.807) is 6.92 Å². The molecule has 0 aliphatic rings. The molecule has 0 aliphatic carbocycles. The molecule has 0 saturated heterocycles. The number of hydrogen-bond donors (Lipinski definition) is 0. The number of methoxy groups -OCH3 is 1. The zero-order valence-electron chi connectivity index (χ0n) is 8.33. The molecule has 0 aromatic heterocycles. The van der Waals surface area contributed by atoms with E-state index in [4.69, 9.17) is 0 Å². The highest BCUT2D eigenvalue weighted by Crippen LogP contribution is 2.13. The van der Waals surface area contributed by atoms with Gasteiger partial charge in [-0.1, -0.05) is 25.6 Å². The molecule has 0 spiro atoms. The first kappa shape index (κ1) is 12.5. The molecular formula is C9H16O3S. The van der Waals surface area contributed by atoms with Gasteiger partial charge in [0.1, 0.15) is 0 Å². The standard InChI is InChI=1S/C9H16O3S/c1-4-5-8(10)13-6-7(2)9(11)12-3/h7H,4-6H2,1-3H3. The van der Waals surface area contributed by atoms with Crippen molar-refractivity contribution in [1.29, 1.82) is 0 Å². The molecule has 0 aromatic carbocycles. The van der Waals surface area contributed by atoms with E-state index < -0.39 is 0 Å². The van der Waals surface area contributed by atoms with Gasteiger partial charge in [0.25, 0.3) is 0 Å². The van der Waals surface area contributed by atoms with E-state index in [9.17, 15) is 9.59 Å². The molecule has 0 saturated carbocycles. The molecule has 1 atom stereocenters. The van der Waals surface area contributed by atoms with E-state index in [0.717, 1.165) is 6.42 Å². The SMILES string of the molecule is CCCC(=O)SCC(C)C(=O)OC. The van der Waals surface area contributed by atoms with Gasteiger partial charge in [-0.15, -0.1) is 0 Å². The normalized spacial score (nSPS) is 12.2. The van der Waals surface area contributed by atoms with E-state index in [0.29, 0.717) is 12.2 Å². The van der Waals surface area contributed by atoms with Crippen LogP contribution < -0.4 is 0 Å². The Labute approximate surface area is 83.2 Å². The van der Waals surface area contributed by atoms with Crippen LogP contribution in [0.3, 0.4) is 0 Å². The van der Waals surface area contributed by atoms with Crippen LogP contribution in [-0.4, -0.2) is 23.9 Å². The first-order chi connectivity index (χ1) is 6.11. The lowest BCUT2D eigenvalue weighted by Gasteiger charge is -2.06. The highest BCUT2D eigenvalue weighted by Gasteiger charge is 2.14. The lowest BCUT2D eigenvalue weighted by Crippen LogP contribution is -2.15. The Bertz CT molecular complexity index is 180. The van der Waals surface area contributed by atoms with E-state index >= 15 is 0 Å². The largest absolute Gasteiger partial charge is 0.469 e. The van der Waals surface area contributed by atoms with Crippen molar-refractivity contribution in [2.75, 3.05) is 12.9 Å². The average molecular weight is 204 g/mol. The van der Waals surface area contributed by atoms with Crippen LogP contribution in [0.1, 0.15) is 26.7 Å². The molecule has 0 amide bonds. The summed E-state index contributed by atoms with van der Waals surface area (Å²) in [5.41, 5.74) is 0. The molecule has 3 nitrogen and oxygen atoms in total. The van der Waals surface area contributed by atoms with E-state index in [2.05, 4.69) is 4.74 Å². The number of esters is 1. The molecule has 0 aromatic rings. The number of rotatable bonds is 5. The summed E-state index contributed by atoms with van der Waals surface area (Å²) < 4.78 is 4.54. The molecule has 1 unspecified atom stereocenters. The zero-order chi connectivity index (χ0) is 10.3. The van der Waals surface area contributed by atoms with Crippen molar-refractivity contribution >= 4 is 22.8 Å². The van der Waals surface area contributed by atoms with Gasteiger partial charge in [-0.3, -0.25) is 9.59 Å². The van der Waals surface area contributed by atoms with Crippen molar-refractivity contribution in [3.8, 4) is 0 Å². The third-order valence-electron chi connectivity index (χ3n) is 1.55. The van der Waals surface area contributed by atoms with Crippen molar-refractivity contribution in [3.63, 3.8) is 0 Å². The van der Waals surface area contributed by atoms with Gasteiger partial charge in [-0.2, -0.15) is 0 Å². The Morgan fingerprint density at radius 3 is 2.54 bits per heavy atom. The van der Waals surface area contributed by atoms with E-state index in [1.165, 1.54) is 18.9 Å². The predicted octanol–water partition coefficient (Wildman–Crippen LogP) is 1.86. The second-order valence-corrected chi connectivity index (χ2v) is 3.93. The van der Waals surface area contributed by atoms with Crippen LogP contribution in [0.2, 0.25) is 0 Å². The monoisotopic (exact) mass is 204 g/mol. The van der Waals surface area contributed by atoms with Crippen LogP contribution in [0.15, 0.2) is 0 Å². The third kappa shape index (κ3) is 5.69. The highest BCUT2D eigenvalue weighted by molar-refractivity contribution is 8.13. The summed E-state index contributed by atoms with van der Waals surface area (Å²) in [4.78, 5) is 22.0. The van der Waals surface area contributed by atoms with Gasteiger partial charge in [-0.25, -0.2) is 0 Å². The summed E-state index contributed by atoms with van der Waals surface area (Å²) in [6.45, 7) is 3.72. The number of carbonyl (C=O) groups excluding carboxylic acids is 2. The molecule has 0 fully saturated rings. The number of thioether (sulfide) groups is 1. The molecule has 0 heterocycles. The first-order valence-electron chi connectivity index (χ1n) is 4.35. The number of carbonyl (C=O) groups is 2. The van der Waals surface area contributed by atoms with Crippen molar-refractivity contribution in [2.24, 2.45) is 5.92 Å². The van der Waals surface area contributed by atoms with Crippen molar-refractivity contribution < 1.29 is 14.3 Å². The lowest BCUT2D eigenvalue weighted by molar-refractivity contribution is -0.143. The Morgan fingerprint density at radius 2 is 2.08 bits per heavy atom. The Hall–Kier alpha value is -0.510. The predicted molar refractivity (Wildman–Crippen MR) is 53.6 cm³/mol. The van der Waals surface area contributed by atoms with Gasteiger partial charge < -0.3 is 4.74 Å². The lowest BCUT2D eigenvalue weighted by atomic mass is 10.2. The second-order valence-electron chi connectivity index (χ2n) is 2.86. The molecule has 0 aliphatic heterocycles. The van der Waals surface area contributed by atoms with Gasteiger partial charge in [-0.05, 0) is 6.42 Å². The summed E-state index contributed by atoms with van der Waals surface area (Å²) >= 11 is 1.21. The molecule has 4 heteroatoms. The summed E-state index contributed by atoms with van der Waals surface area (Å²) in [6.07, 6.45) is 1.44. The molecule has 13 heavy (non-hydrogen) atoms. The maximum atomic E-state index is 11.1. The molecule has 76 valence electrons. The van der Waals surface area contributed by atoms with E-state index in [-0.39, 0.29) is 17.0 Å². The minimum atomic E-state index is -0.253. The van der Waals surface area contributed by atoms with Gasteiger partial charge in [0, 0.05) is 12.2 Å². The topological polar surface area (TPSA) is 43.4 Å². The molecule has 0 N–H and O–H groups in total. The van der Waals surface area contributed by atoms with Crippen LogP contribution in [0.25, 0.3) is 0 Å². The third-order valence-corrected chi connectivity index (χ3v) is 2.74. The smallest absolute Gasteiger partial charge is 0.309 e. The Balaban J connectivity index is 3.63. The quantitative estimate of drug-likeness (QED) is 0.641. The summed E-state index contributed by atoms with van der Waals surface area (Å²) in [5.74, 6) is 0.0681. The van der Waals surface area contributed by atoms with Gasteiger partial charge in [0.2, 0.25) is 0 Å². The van der Waals surface area contributed by atoms with Crippen molar-refractivity contribution in [3.05, 3.63) is 0 Å².